The van der Waals surface area contributed by atoms with Gasteiger partial charge in [0.15, 0.2) is 0 Å². The summed E-state index contributed by atoms with van der Waals surface area (Å²) < 4.78 is 0. The molecular formula is C13H24N2. The van der Waals surface area contributed by atoms with E-state index in [2.05, 4.69) is 10.2 Å². The third-order valence-electron chi connectivity index (χ3n) is 4.81. The maximum atomic E-state index is 3.83. The monoisotopic (exact) mass is 208 g/mol. The molecule has 3 fully saturated rings. The van der Waals surface area contributed by atoms with Crippen molar-refractivity contribution in [2.75, 3.05) is 19.6 Å². The molecule has 0 aromatic heterocycles. The number of hydrogen-bond donors (Lipinski definition) is 1. The Labute approximate surface area is 93.4 Å². The smallest absolute Gasteiger partial charge is 0.0309 e. The maximum Gasteiger partial charge on any atom is 0.0309 e. The molecular weight excluding hydrogens is 184 g/mol. The topological polar surface area (TPSA) is 15.3 Å². The fraction of sp³-hybridized carbons (Fsp3) is 1.00. The lowest BCUT2D eigenvalue weighted by atomic mass is 9.79. The molecule has 2 nitrogen and oxygen atoms in total. The first-order valence-corrected chi connectivity index (χ1v) is 6.87. The summed E-state index contributed by atoms with van der Waals surface area (Å²) in [4.78, 5) is 2.78. The highest BCUT2D eigenvalue weighted by atomic mass is 15.2. The Balaban J connectivity index is 1.63. The van der Waals surface area contributed by atoms with Gasteiger partial charge in [-0.3, -0.25) is 4.90 Å². The van der Waals surface area contributed by atoms with Crippen LogP contribution in [0.25, 0.3) is 0 Å². The first-order chi connectivity index (χ1) is 7.38. The Hall–Kier alpha value is -0.0800. The van der Waals surface area contributed by atoms with Crippen LogP contribution >= 0.6 is 0 Å². The molecule has 0 aromatic rings. The number of rotatable bonds is 1. The molecule has 1 spiro atoms. The minimum Gasteiger partial charge on any atom is -0.309 e. The van der Waals surface area contributed by atoms with Crippen LogP contribution in [-0.4, -0.2) is 36.1 Å². The van der Waals surface area contributed by atoms with Crippen molar-refractivity contribution in [3.05, 3.63) is 0 Å². The molecule has 0 unspecified atom stereocenters. The van der Waals surface area contributed by atoms with E-state index in [4.69, 9.17) is 0 Å². The van der Waals surface area contributed by atoms with E-state index in [0.29, 0.717) is 5.54 Å². The Morgan fingerprint density at radius 2 is 1.80 bits per heavy atom. The minimum absolute atomic E-state index is 0.520. The van der Waals surface area contributed by atoms with E-state index in [-0.39, 0.29) is 0 Å². The van der Waals surface area contributed by atoms with Crippen molar-refractivity contribution in [2.24, 2.45) is 0 Å². The van der Waals surface area contributed by atoms with Crippen LogP contribution in [0.3, 0.4) is 0 Å². The fourth-order valence-corrected chi connectivity index (χ4v) is 3.62. The lowest BCUT2D eigenvalue weighted by Gasteiger charge is -2.50. The number of nitrogens with zero attached hydrogens (tertiary/aromatic N) is 1. The summed E-state index contributed by atoms with van der Waals surface area (Å²) in [5.41, 5.74) is 0.520. The van der Waals surface area contributed by atoms with E-state index < -0.39 is 0 Å². The van der Waals surface area contributed by atoms with Gasteiger partial charge in [0, 0.05) is 31.2 Å². The van der Waals surface area contributed by atoms with Gasteiger partial charge in [-0.1, -0.05) is 25.7 Å². The lowest BCUT2D eigenvalue weighted by molar-refractivity contribution is 0.0392. The molecule has 0 atom stereocenters. The van der Waals surface area contributed by atoms with Crippen molar-refractivity contribution in [1.29, 1.82) is 0 Å². The maximum absolute atomic E-state index is 3.83. The van der Waals surface area contributed by atoms with Gasteiger partial charge in [-0.15, -0.1) is 0 Å². The Bertz CT molecular complexity index is 211. The SMILES string of the molecule is C1CCC2(CC1)CN(C1CCC1)CCN2. The summed E-state index contributed by atoms with van der Waals surface area (Å²) in [7, 11) is 0. The van der Waals surface area contributed by atoms with Gasteiger partial charge >= 0.3 is 0 Å². The van der Waals surface area contributed by atoms with Gasteiger partial charge in [-0.2, -0.15) is 0 Å². The second kappa shape index (κ2) is 4.06. The minimum atomic E-state index is 0.520. The van der Waals surface area contributed by atoms with E-state index in [0.717, 1.165) is 6.04 Å². The predicted molar refractivity (Wildman–Crippen MR) is 63.0 cm³/mol. The van der Waals surface area contributed by atoms with Crippen LogP contribution in [-0.2, 0) is 0 Å². The van der Waals surface area contributed by atoms with Crippen molar-refractivity contribution < 1.29 is 0 Å². The Morgan fingerprint density at radius 1 is 1.00 bits per heavy atom. The van der Waals surface area contributed by atoms with Gasteiger partial charge in [0.2, 0.25) is 0 Å². The van der Waals surface area contributed by atoms with Gasteiger partial charge in [-0.05, 0) is 25.7 Å². The number of hydrogen-bond acceptors (Lipinski definition) is 2. The summed E-state index contributed by atoms with van der Waals surface area (Å²) in [6.07, 6.45) is 11.6. The van der Waals surface area contributed by atoms with E-state index in [1.807, 2.05) is 0 Å². The average Bonchev–Trinajstić information content (AvgIpc) is 2.16. The summed E-state index contributed by atoms with van der Waals surface area (Å²) >= 11 is 0. The van der Waals surface area contributed by atoms with E-state index >= 15 is 0 Å². The number of nitrogens with one attached hydrogen (secondary N) is 1. The predicted octanol–water partition coefficient (Wildman–Crippen LogP) is 2.15. The highest BCUT2D eigenvalue weighted by molar-refractivity contribution is 4.99. The third-order valence-corrected chi connectivity index (χ3v) is 4.81. The van der Waals surface area contributed by atoms with Crippen LogP contribution in [0.5, 0.6) is 0 Å². The molecule has 86 valence electrons. The first kappa shape index (κ1) is 10.1. The molecule has 1 saturated heterocycles. The zero-order valence-electron chi connectivity index (χ0n) is 9.80. The molecule has 3 rings (SSSR count). The van der Waals surface area contributed by atoms with Crippen LogP contribution in [0.1, 0.15) is 51.4 Å². The van der Waals surface area contributed by atoms with Crippen LogP contribution in [0, 0.1) is 0 Å². The van der Waals surface area contributed by atoms with Crippen molar-refractivity contribution in [3.8, 4) is 0 Å². The molecule has 2 saturated carbocycles. The van der Waals surface area contributed by atoms with Crippen molar-refractivity contribution in [3.63, 3.8) is 0 Å². The molecule has 2 heteroatoms. The van der Waals surface area contributed by atoms with Crippen LogP contribution in [0.4, 0.5) is 0 Å². The highest BCUT2D eigenvalue weighted by Crippen LogP contribution is 2.34. The second-order valence-electron chi connectivity index (χ2n) is 5.82. The number of piperazine rings is 1. The van der Waals surface area contributed by atoms with Crippen molar-refractivity contribution in [2.45, 2.75) is 62.9 Å². The quantitative estimate of drug-likeness (QED) is 0.710. The molecule has 1 aliphatic heterocycles. The fourth-order valence-electron chi connectivity index (χ4n) is 3.62. The van der Waals surface area contributed by atoms with Gasteiger partial charge in [-0.25, -0.2) is 0 Å². The average molecular weight is 208 g/mol. The molecule has 0 amide bonds. The summed E-state index contributed by atoms with van der Waals surface area (Å²) in [5, 5.41) is 3.83. The lowest BCUT2D eigenvalue weighted by Crippen LogP contribution is -2.63. The van der Waals surface area contributed by atoms with Gasteiger partial charge in [0.25, 0.3) is 0 Å². The molecule has 1 heterocycles. The van der Waals surface area contributed by atoms with Gasteiger partial charge < -0.3 is 5.32 Å². The standard InChI is InChI=1S/C13H24N2/c1-2-7-13(8-3-1)11-15(10-9-14-13)12-5-4-6-12/h12,14H,1-11H2. The van der Waals surface area contributed by atoms with E-state index in [1.54, 1.807) is 0 Å². The van der Waals surface area contributed by atoms with Crippen molar-refractivity contribution in [1.82, 2.24) is 10.2 Å². The van der Waals surface area contributed by atoms with E-state index in [1.165, 1.54) is 71.0 Å². The normalized spacial score (nSPS) is 32.8. The second-order valence-corrected chi connectivity index (χ2v) is 5.82. The van der Waals surface area contributed by atoms with Crippen molar-refractivity contribution >= 4 is 0 Å². The van der Waals surface area contributed by atoms with Crippen LogP contribution in [0.2, 0.25) is 0 Å². The Morgan fingerprint density at radius 3 is 2.47 bits per heavy atom. The van der Waals surface area contributed by atoms with Crippen LogP contribution < -0.4 is 5.32 Å². The summed E-state index contributed by atoms with van der Waals surface area (Å²) in [5.74, 6) is 0. The molecule has 0 radical (unpaired) electrons. The highest BCUT2D eigenvalue weighted by Gasteiger charge is 2.39. The molecule has 1 N–H and O–H groups in total. The largest absolute Gasteiger partial charge is 0.309 e. The zero-order chi connectivity index (χ0) is 10.1. The molecule has 3 aliphatic rings. The third kappa shape index (κ3) is 1.94. The Kier molecular flexibility index (Phi) is 2.73. The van der Waals surface area contributed by atoms with E-state index in [9.17, 15) is 0 Å². The molecule has 15 heavy (non-hydrogen) atoms. The molecule has 0 aromatic carbocycles. The van der Waals surface area contributed by atoms with Gasteiger partial charge in [0.05, 0.1) is 0 Å². The first-order valence-electron chi connectivity index (χ1n) is 6.87. The zero-order valence-corrected chi connectivity index (χ0v) is 9.80. The molecule has 2 aliphatic carbocycles. The summed E-state index contributed by atoms with van der Waals surface area (Å²) in [6, 6.07) is 0.950. The molecule has 0 bridgehead atoms. The van der Waals surface area contributed by atoms with Gasteiger partial charge in [0.1, 0.15) is 0 Å². The summed E-state index contributed by atoms with van der Waals surface area (Å²) in [6.45, 7) is 3.88. The van der Waals surface area contributed by atoms with Crippen LogP contribution in [0.15, 0.2) is 0 Å².